The summed E-state index contributed by atoms with van der Waals surface area (Å²) in [5.41, 5.74) is 1.24. The Balaban J connectivity index is 1.77. The van der Waals surface area contributed by atoms with Gasteiger partial charge in [0.15, 0.2) is 11.5 Å². The minimum Gasteiger partial charge on any atom is -0.486 e. The molecule has 0 spiro atoms. The number of nitrogens with one attached hydrogen (secondary N) is 1. The molecule has 1 aliphatic rings. The minimum atomic E-state index is -0.496. The Labute approximate surface area is 144 Å². The Kier molecular flexibility index (Phi) is 4.69. The fraction of sp³-hybridized carbons (Fsp3) is 0.111. The second-order valence-corrected chi connectivity index (χ2v) is 5.47. The van der Waals surface area contributed by atoms with Gasteiger partial charge in [0.2, 0.25) is 0 Å². The lowest BCUT2D eigenvalue weighted by molar-refractivity contribution is -0.112. The van der Waals surface area contributed by atoms with E-state index in [2.05, 4.69) is 5.32 Å². The molecule has 0 saturated heterocycles. The number of anilines is 1. The molecule has 0 saturated carbocycles. The number of halogens is 1. The Morgan fingerprint density at radius 1 is 1.12 bits per heavy atom. The minimum absolute atomic E-state index is 0.00721. The number of carbonyl (C=O) groups excluding carboxylic acids is 1. The van der Waals surface area contributed by atoms with Gasteiger partial charge in [-0.1, -0.05) is 23.7 Å². The fourth-order valence-electron chi connectivity index (χ4n) is 2.19. The molecule has 1 amide bonds. The summed E-state index contributed by atoms with van der Waals surface area (Å²) in [7, 11) is 0. The third kappa shape index (κ3) is 3.67. The van der Waals surface area contributed by atoms with Crippen molar-refractivity contribution in [3.05, 3.63) is 58.6 Å². The van der Waals surface area contributed by atoms with Crippen molar-refractivity contribution >= 4 is 29.3 Å². The zero-order chi connectivity index (χ0) is 16.9. The standard InChI is InChI=1S/C18H13ClN2O3/c19-14-3-1-12(2-4-14)9-13(11-20)18(22)21-15-5-6-16-17(10-15)24-8-7-23-16/h1-6,9-10H,7-8H2,(H,21,22). The molecule has 1 heterocycles. The van der Waals surface area contributed by atoms with Crippen LogP contribution in [0.1, 0.15) is 5.56 Å². The van der Waals surface area contributed by atoms with Crippen molar-refractivity contribution in [3.63, 3.8) is 0 Å². The summed E-state index contributed by atoms with van der Waals surface area (Å²) in [6.45, 7) is 0.964. The van der Waals surface area contributed by atoms with Crippen molar-refractivity contribution in [2.24, 2.45) is 0 Å². The number of hydrogen-bond donors (Lipinski definition) is 1. The molecule has 1 N–H and O–H groups in total. The molecule has 3 rings (SSSR count). The highest BCUT2D eigenvalue weighted by Gasteiger charge is 2.14. The van der Waals surface area contributed by atoms with Gasteiger partial charge in [0.25, 0.3) is 5.91 Å². The Morgan fingerprint density at radius 3 is 2.54 bits per heavy atom. The molecule has 2 aromatic rings. The van der Waals surface area contributed by atoms with Crippen LogP contribution in [0.15, 0.2) is 48.0 Å². The van der Waals surface area contributed by atoms with Crippen LogP contribution in [0.3, 0.4) is 0 Å². The zero-order valence-corrected chi connectivity index (χ0v) is 13.3. The van der Waals surface area contributed by atoms with Gasteiger partial charge in [-0.15, -0.1) is 0 Å². The average molecular weight is 341 g/mol. The van der Waals surface area contributed by atoms with Gasteiger partial charge in [-0.05, 0) is 35.9 Å². The average Bonchev–Trinajstić information content (AvgIpc) is 2.61. The largest absolute Gasteiger partial charge is 0.486 e. The van der Waals surface area contributed by atoms with E-state index in [1.54, 1.807) is 42.5 Å². The lowest BCUT2D eigenvalue weighted by Gasteiger charge is -2.18. The number of ether oxygens (including phenoxy) is 2. The monoisotopic (exact) mass is 340 g/mol. The third-order valence-electron chi connectivity index (χ3n) is 3.35. The highest BCUT2D eigenvalue weighted by atomic mass is 35.5. The van der Waals surface area contributed by atoms with E-state index in [0.717, 1.165) is 0 Å². The summed E-state index contributed by atoms with van der Waals surface area (Å²) in [5.74, 6) is 0.708. The molecule has 1 aliphatic heterocycles. The molecule has 0 radical (unpaired) electrons. The van der Waals surface area contributed by atoms with Crippen LogP contribution < -0.4 is 14.8 Å². The lowest BCUT2D eigenvalue weighted by Crippen LogP contribution is -2.17. The van der Waals surface area contributed by atoms with E-state index in [1.165, 1.54) is 6.08 Å². The first kappa shape index (κ1) is 15.9. The van der Waals surface area contributed by atoms with Crippen LogP contribution in [-0.2, 0) is 4.79 Å². The predicted molar refractivity (Wildman–Crippen MR) is 91.1 cm³/mol. The summed E-state index contributed by atoms with van der Waals surface area (Å²) in [5, 5.41) is 12.5. The van der Waals surface area contributed by atoms with Crippen molar-refractivity contribution in [2.75, 3.05) is 18.5 Å². The van der Waals surface area contributed by atoms with Crippen LogP contribution in [0.2, 0.25) is 5.02 Å². The number of nitriles is 1. The molecule has 0 bridgehead atoms. The molecule has 24 heavy (non-hydrogen) atoms. The molecule has 5 nitrogen and oxygen atoms in total. The van der Waals surface area contributed by atoms with E-state index < -0.39 is 5.91 Å². The molecule has 6 heteroatoms. The van der Waals surface area contributed by atoms with Gasteiger partial charge >= 0.3 is 0 Å². The maximum absolute atomic E-state index is 12.3. The van der Waals surface area contributed by atoms with Gasteiger partial charge < -0.3 is 14.8 Å². The Hall–Kier alpha value is -2.97. The SMILES string of the molecule is N#CC(=Cc1ccc(Cl)cc1)C(=O)Nc1ccc2c(c1)OCCO2. The number of carbonyl (C=O) groups is 1. The number of fused-ring (bicyclic) bond motifs is 1. The van der Waals surface area contributed by atoms with Crippen molar-refractivity contribution in [1.82, 2.24) is 0 Å². The third-order valence-corrected chi connectivity index (χ3v) is 3.60. The summed E-state index contributed by atoms with van der Waals surface area (Å²) >= 11 is 5.82. The van der Waals surface area contributed by atoms with Crippen LogP contribution in [0.4, 0.5) is 5.69 Å². The molecular formula is C18H13ClN2O3. The summed E-state index contributed by atoms with van der Waals surface area (Å²) in [6, 6.07) is 13.9. The first-order valence-corrected chi connectivity index (χ1v) is 7.62. The van der Waals surface area contributed by atoms with Gasteiger partial charge in [0.1, 0.15) is 24.9 Å². The first-order valence-electron chi connectivity index (χ1n) is 7.24. The predicted octanol–water partition coefficient (Wildman–Crippen LogP) is 3.66. The van der Waals surface area contributed by atoms with E-state index in [-0.39, 0.29) is 5.57 Å². The molecule has 120 valence electrons. The second kappa shape index (κ2) is 7.07. The molecule has 0 atom stereocenters. The smallest absolute Gasteiger partial charge is 0.266 e. The maximum atomic E-state index is 12.3. The van der Waals surface area contributed by atoms with Crippen LogP contribution in [0, 0.1) is 11.3 Å². The number of nitrogens with zero attached hydrogens (tertiary/aromatic N) is 1. The van der Waals surface area contributed by atoms with Crippen molar-refractivity contribution in [3.8, 4) is 17.6 Å². The lowest BCUT2D eigenvalue weighted by atomic mass is 10.1. The molecule has 0 fully saturated rings. The summed E-state index contributed by atoms with van der Waals surface area (Å²) in [4.78, 5) is 12.3. The topological polar surface area (TPSA) is 71.4 Å². The highest BCUT2D eigenvalue weighted by molar-refractivity contribution is 6.30. The Bertz CT molecular complexity index is 838. The van der Waals surface area contributed by atoms with Gasteiger partial charge in [-0.2, -0.15) is 5.26 Å². The van der Waals surface area contributed by atoms with Crippen molar-refractivity contribution in [1.29, 1.82) is 5.26 Å². The van der Waals surface area contributed by atoms with Crippen molar-refractivity contribution < 1.29 is 14.3 Å². The number of hydrogen-bond acceptors (Lipinski definition) is 4. The van der Waals surface area contributed by atoms with Gasteiger partial charge in [-0.25, -0.2) is 0 Å². The fourth-order valence-corrected chi connectivity index (χ4v) is 2.32. The number of amides is 1. The molecule has 0 aromatic heterocycles. The molecular weight excluding hydrogens is 328 g/mol. The van der Waals surface area contributed by atoms with E-state index >= 15 is 0 Å². The van der Waals surface area contributed by atoms with Crippen molar-refractivity contribution in [2.45, 2.75) is 0 Å². The van der Waals surface area contributed by atoms with Crippen LogP contribution >= 0.6 is 11.6 Å². The van der Waals surface area contributed by atoms with Crippen LogP contribution in [0.5, 0.6) is 11.5 Å². The van der Waals surface area contributed by atoms with E-state index in [0.29, 0.717) is 41.0 Å². The molecule has 0 unspecified atom stereocenters. The zero-order valence-electron chi connectivity index (χ0n) is 12.6. The molecule has 2 aromatic carbocycles. The second-order valence-electron chi connectivity index (χ2n) is 5.03. The van der Waals surface area contributed by atoms with Crippen LogP contribution in [-0.4, -0.2) is 19.1 Å². The summed E-state index contributed by atoms with van der Waals surface area (Å²) < 4.78 is 10.9. The quantitative estimate of drug-likeness (QED) is 0.683. The van der Waals surface area contributed by atoms with E-state index in [9.17, 15) is 10.1 Å². The normalized spacial score (nSPS) is 13.1. The van der Waals surface area contributed by atoms with E-state index in [1.807, 2.05) is 6.07 Å². The van der Waals surface area contributed by atoms with Gasteiger partial charge in [-0.3, -0.25) is 4.79 Å². The Morgan fingerprint density at radius 2 is 1.83 bits per heavy atom. The summed E-state index contributed by atoms with van der Waals surface area (Å²) in [6.07, 6.45) is 1.50. The number of benzene rings is 2. The van der Waals surface area contributed by atoms with E-state index in [4.69, 9.17) is 21.1 Å². The first-order chi connectivity index (χ1) is 11.7. The molecule has 0 aliphatic carbocycles. The van der Waals surface area contributed by atoms with Gasteiger partial charge in [0, 0.05) is 16.8 Å². The highest BCUT2D eigenvalue weighted by Crippen LogP contribution is 2.32. The number of rotatable bonds is 3. The van der Waals surface area contributed by atoms with Gasteiger partial charge in [0.05, 0.1) is 0 Å². The maximum Gasteiger partial charge on any atom is 0.266 e. The van der Waals surface area contributed by atoms with Crippen LogP contribution in [0.25, 0.3) is 6.08 Å².